The highest BCUT2D eigenvalue weighted by atomic mass is 16.5. The number of rotatable bonds is 5. The highest BCUT2D eigenvalue weighted by Crippen LogP contribution is 2.22. The van der Waals surface area contributed by atoms with E-state index in [0.29, 0.717) is 36.6 Å². The Balaban J connectivity index is 2.45. The van der Waals surface area contributed by atoms with Crippen molar-refractivity contribution in [3.05, 3.63) is 35.2 Å². The summed E-state index contributed by atoms with van der Waals surface area (Å²) in [6, 6.07) is 4.80. The number of benzene rings is 1. The lowest BCUT2D eigenvalue weighted by Gasteiger charge is -2.12. The van der Waals surface area contributed by atoms with Crippen molar-refractivity contribution in [2.75, 3.05) is 27.3 Å². The molecule has 0 radical (unpaired) electrons. The third-order valence-electron chi connectivity index (χ3n) is 4.44. The molecule has 1 fully saturated rings. The summed E-state index contributed by atoms with van der Waals surface area (Å²) in [7, 11) is 3.05. The second kappa shape index (κ2) is 10.6. The van der Waals surface area contributed by atoms with Gasteiger partial charge in [0.2, 0.25) is 0 Å². The molecule has 6 N–H and O–H groups in total. The summed E-state index contributed by atoms with van der Waals surface area (Å²) in [5.41, 5.74) is 17.3. The number of primary amides is 1. The predicted octanol–water partition coefficient (Wildman–Crippen LogP) is -0.265. The minimum Gasteiger partial charge on any atom is -0.497 e. The standard InChI is InChI=1S/C22H25N5O4/c1-4-5-19(28)27-9-8-15(13-27)26-18(20(21(23)24)22(25)29)7-6-14-10-16(30-2)12-17(11-14)31-3/h10-12,15H,8-9,13,23-24H2,1-3H3,(H2,25,29)/b26-18-/t15-/m0/s1. The van der Waals surface area contributed by atoms with Crippen molar-refractivity contribution in [1.29, 1.82) is 0 Å². The summed E-state index contributed by atoms with van der Waals surface area (Å²) >= 11 is 0. The lowest BCUT2D eigenvalue weighted by molar-refractivity contribution is -0.124. The van der Waals surface area contributed by atoms with Crippen molar-refractivity contribution in [3.8, 4) is 35.2 Å². The van der Waals surface area contributed by atoms with Gasteiger partial charge in [0.25, 0.3) is 11.8 Å². The van der Waals surface area contributed by atoms with Gasteiger partial charge in [0.05, 0.1) is 20.3 Å². The average molecular weight is 423 g/mol. The molecule has 2 amide bonds. The minimum atomic E-state index is -0.848. The van der Waals surface area contributed by atoms with Gasteiger partial charge in [-0.05, 0) is 37.3 Å². The summed E-state index contributed by atoms with van der Waals surface area (Å²) in [4.78, 5) is 30.1. The van der Waals surface area contributed by atoms with E-state index >= 15 is 0 Å². The molecule has 9 heteroatoms. The van der Waals surface area contributed by atoms with Crippen LogP contribution in [0.4, 0.5) is 0 Å². The Kier molecular flexibility index (Phi) is 7.93. The Labute approximate surface area is 181 Å². The second-order valence-electron chi connectivity index (χ2n) is 6.59. The summed E-state index contributed by atoms with van der Waals surface area (Å²) in [6.45, 7) is 2.42. The molecule has 9 nitrogen and oxygen atoms in total. The molecule has 1 aromatic rings. The summed E-state index contributed by atoms with van der Waals surface area (Å²) < 4.78 is 10.5. The van der Waals surface area contributed by atoms with Crippen LogP contribution in [-0.4, -0.2) is 55.8 Å². The Hall–Kier alpha value is -4.11. The smallest absolute Gasteiger partial charge is 0.298 e. The quantitative estimate of drug-likeness (QED) is 0.338. The number of aliphatic imine (C=N–C) groups is 1. The Morgan fingerprint density at radius 2 is 1.74 bits per heavy atom. The molecular formula is C22H25N5O4. The number of hydrogen-bond donors (Lipinski definition) is 3. The van der Waals surface area contributed by atoms with Gasteiger partial charge in [0.15, 0.2) is 0 Å². The molecule has 1 aliphatic rings. The molecule has 1 heterocycles. The van der Waals surface area contributed by atoms with Crippen LogP contribution in [0.2, 0.25) is 0 Å². The molecule has 1 aromatic carbocycles. The van der Waals surface area contributed by atoms with E-state index < -0.39 is 5.91 Å². The number of carbonyl (C=O) groups excluding carboxylic acids is 2. The number of carbonyl (C=O) groups is 2. The summed E-state index contributed by atoms with van der Waals surface area (Å²) in [5.74, 6) is 10.5. The number of amides is 2. The lowest BCUT2D eigenvalue weighted by Crippen LogP contribution is -2.30. The van der Waals surface area contributed by atoms with Crippen molar-refractivity contribution in [3.63, 3.8) is 0 Å². The van der Waals surface area contributed by atoms with Crippen LogP contribution >= 0.6 is 0 Å². The molecule has 1 aliphatic heterocycles. The van der Waals surface area contributed by atoms with E-state index in [9.17, 15) is 9.59 Å². The lowest BCUT2D eigenvalue weighted by atomic mass is 10.1. The molecule has 0 spiro atoms. The SMILES string of the molecule is CC#CC(=O)N1CC[C@H](/N=C(/C#Cc2cc(OC)cc(OC)c2)C(C(N)=O)=C(N)N)C1. The first-order valence-electron chi connectivity index (χ1n) is 9.39. The average Bonchev–Trinajstić information content (AvgIpc) is 3.20. The van der Waals surface area contributed by atoms with Gasteiger partial charge in [-0.1, -0.05) is 11.8 Å². The zero-order valence-corrected chi connectivity index (χ0v) is 17.7. The highest BCUT2D eigenvalue weighted by molar-refractivity contribution is 6.28. The van der Waals surface area contributed by atoms with Crippen LogP contribution in [0.5, 0.6) is 11.5 Å². The first kappa shape index (κ1) is 23.2. The van der Waals surface area contributed by atoms with Crippen molar-refractivity contribution in [1.82, 2.24) is 4.90 Å². The summed E-state index contributed by atoms with van der Waals surface area (Å²) in [6.07, 6.45) is 0.575. The number of ether oxygens (including phenoxy) is 2. The van der Waals surface area contributed by atoms with Crippen molar-refractivity contribution in [2.24, 2.45) is 22.2 Å². The van der Waals surface area contributed by atoms with Crippen LogP contribution in [0.3, 0.4) is 0 Å². The van der Waals surface area contributed by atoms with Gasteiger partial charge >= 0.3 is 0 Å². The third-order valence-corrected chi connectivity index (χ3v) is 4.44. The molecule has 0 aromatic heterocycles. The van der Waals surface area contributed by atoms with Crippen LogP contribution in [0.15, 0.2) is 34.6 Å². The second-order valence-corrected chi connectivity index (χ2v) is 6.59. The van der Waals surface area contributed by atoms with Crippen molar-refractivity contribution >= 4 is 17.5 Å². The van der Waals surface area contributed by atoms with Crippen LogP contribution in [0, 0.1) is 23.7 Å². The van der Waals surface area contributed by atoms with Crippen molar-refractivity contribution in [2.45, 2.75) is 19.4 Å². The molecule has 1 atom stereocenters. The van der Waals surface area contributed by atoms with E-state index in [1.807, 2.05) is 0 Å². The van der Waals surface area contributed by atoms with Crippen LogP contribution in [0.25, 0.3) is 0 Å². The molecule has 2 rings (SSSR count). The molecule has 31 heavy (non-hydrogen) atoms. The zero-order chi connectivity index (χ0) is 23.0. The number of nitrogens with two attached hydrogens (primary N) is 3. The van der Waals surface area contributed by atoms with Gasteiger partial charge in [0.1, 0.15) is 28.6 Å². The van der Waals surface area contributed by atoms with Gasteiger partial charge in [-0.2, -0.15) is 0 Å². The van der Waals surface area contributed by atoms with Gasteiger partial charge in [-0.3, -0.25) is 14.6 Å². The third kappa shape index (κ3) is 6.18. The maximum atomic E-state index is 12.0. The van der Waals surface area contributed by atoms with Crippen LogP contribution < -0.4 is 26.7 Å². The fourth-order valence-corrected chi connectivity index (χ4v) is 2.97. The van der Waals surface area contributed by atoms with Crippen molar-refractivity contribution < 1.29 is 19.1 Å². The summed E-state index contributed by atoms with van der Waals surface area (Å²) in [5, 5.41) is 0. The number of methoxy groups -OCH3 is 2. The molecule has 162 valence electrons. The predicted molar refractivity (Wildman–Crippen MR) is 117 cm³/mol. The monoisotopic (exact) mass is 423 g/mol. The highest BCUT2D eigenvalue weighted by Gasteiger charge is 2.26. The van der Waals surface area contributed by atoms with E-state index in [4.69, 9.17) is 26.7 Å². The molecule has 1 saturated heterocycles. The molecule has 0 unspecified atom stereocenters. The first-order chi connectivity index (χ1) is 14.8. The Morgan fingerprint density at radius 1 is 1.10 bits per heavy atom. The largest absolute Gasteiger partial charge is 0.497 e. The first-order valence-corrected chi connectivity index (χ1v) is 9.39. The van der Waals surface area contributed by atoms with E-state index in [-0.39, 0.29) is 29.1 Å². The topological polar surface area (TPSA) is 146 Å². The molecule has 0 aliphatic carbocycles. The van der Waals surface area contributed by atoms with Gasteiger partial charge in [0, 0.05) is 24.7 Å². The maximum absolute atomic E-state index is 12.0. The number of nitrogens with zero attached hydrogens (tertiary/aromatic N) is 2. The Bertz CT molecular complexity index is 1030. The maximum Gasteiger partial charge on any atom is 0.298 e. The number of likely N-dealkylation sites (tertiary alicyclic amines) is 1. The fraction of sp³-hybridized carbons (Fsp3) is 0.318. The molecule has 0 saturated carbocycles. The van der Waals surface area contributed by atoms with E-state index in [1.165, 1.54) is 14.2 Å². The molecular weight excluding hydrogens is 398 g/mol. The Morgan fingerprint density at radius 3 is 2.26 bits per heavy atom. The van der Waals surface area contributed by atoms with E-state index in [2.05, 4.69) is 28.7 Å². The van der Waals surface area contributed by atoms with E-state index in [1.54, 1.807) is 30.0 Å². The van der Waals surface area contributed by atoms with Crippen LogP contribution in [0.1, 0.15) is 18.9 Å². The normalized spacial score (nSPS) is 15.1. The van der Waals surface area contributed by atoms with Gasteiger partial charge in [-0.25, -0.2) is 0 Å². The zero-order valence-electron chi connectivity index (χ0n) is 17.7. The number of hydrogen-bond acceptors (Lipinski definition) is 7. The minimum absolute atomic E-state index is 0.0511. The van der Waals surface area contributed by atoms with Gasteiger partial charge < -0.3 is 31.6 Å². The van der Waals surface area contributed by atoms with Gasteiger partial charge in [-0.15, -0.1) is 0 Å². The van der Waals surface area contributed by atoms with E-state index in [0.717, 1.165) is 0 Å². The fourth-order valence-electron chi connectivity index (χ4n) is 2.97. The molecule has 0 bridgehead atoms. The van der Waals surface area contributed by atoms with Crippen LogP contribution in [-0.2, 0) is 9.59 Å².